The molecule has 0 unspecified atom stereocenters. The summed E-state index contributed by atoms with van der Waals surface area (Å²) in [7, 11) is 0. The quantitative estimate of drug-likeness (QED) is 0.886. The highest BCUT2D eigenvalue weighted by atomic mass is 79.9. The Balaban J connectivity index is 1.64. The van der Waals surface area contributed by atoms with E-state index in [9.17, 15) is 4.79 Å². The number of anilines is 1. The molecule has 1 heterocycles. The summed E-state index contributed by atoms with van der Waals surface area (Å²) >= 11 is 3.44. The Morgan fingerprint density at radius 1 is 1.25 bits per heavy atom. The molecule has 1 aromatic heterocycles. The van der Waals surface area contributed by atoms with Crippen LogP contribution in [0.15, 0.2) is 22.9 Å². The summed E-state index contributed by atoms with van der Waals surface area (Å²) < 4.78 is 0.986. The second-order valence-corrected chi connectivity index (χ2v) is 7.31. The summed E-state index contributed by atoms with van der Waals surface area (Å²) in [4.78, 5) is 15.8. The number of halogens is 1. The minimum absolute atomic E-state index is 0.0880. The Labute approximate surface area is 127 Å². The van der Waals surface area contributed by atoms with Crippen LogP contribution in [0.5, 0.6) is 0 Å². The van der Waals surface area contributed by atoms with Gasteiger partial charge in [0.15, 0.2) is 0 Å². The lowest BCUT2D eigenvalue weighted by Crippen LogP contribution is -2.50. The Hall–Kier alpha value is -1.10. The lowest BCUT2D eigenvalue weighted by atomic mass is 9.53. The summed E-state index contributed by atoms with van der Waals surface area (Å²) in [5.74, 6) is -0.0880. The minimum Gasteiger partial charge on any atom is -0.383 e. The van der Waals surface area contributed by atoms with Gasteiger partial charge in [-0.2, -0.15) is 0 Å². The first-order chi connectivity index (χ1) is 9.54. The van der Waals surface area contributed by atoms with Crippen molar-refractivity contribution in [2.24, 2.45) is 16.6 Å². The van der Waals surface area contributed by atoms with Crippen molar-refractivity contribution in [3.8, 4) is 0 Å². The Morgan fingerprint density at radius 3 is 2.45 bits per heavy atom. The maximum absolute atomic E-state index is 11.6. The van der Waals surface area contributed by atoms with Crippen LogP contribution in [0.4, 0.5) is 5.69 Å². The van der Waals surface area contributed by atoms with Gasteiger partial charge in [0.05, 0.1) is 11.9 Å². The lowest BCUT2D eigenvalue weighted by Gasteiger charge is -2.52. The number of carbonyl (C=O) groups is 1. The maximum Gasteiger partial charge on any atom is 0.223 e. The van der Waals surface area contributed by atoms with E-state index < -0.39 is 0 Å². The van der Waals surface area contributed by atoms with Gasteiger partial charge in [-0.3, -0.25) is 9.78 Å². The van der Waals surface area contributed by atoms with Crippen LogP contribution in [0.25, 0.3) is 0 Å². The highest BCUT2D eigenvalue weighted by Gasteiger charge is 2.51. The molecule has 4 nitrogen and oxygen atoms in total. The van der Waals surface area contributed by atoms with Crippen molar-refractivity contribution in [3.05, 3.63) is 22.9 Å². The predicted molar refractivity (Wildman–Crippen MR) is 82.2 cm³/mol. The number of rotatable bonds is 4. The minimum atomic E-state index is -0.195. The fourth-order valence-corrected chi connectivity index (χ4v) is 4.06. The maximum atomic E-state index is 11.6. The fraction of sp³-hybridized carbons (Fsp3) is 0.600. The Morgan fingerprint density at radius 2 is 1.90 bits per heavy atom. The Bertz CT molecular complexity index is 507. The molecule has 0 radical (unpaired) electrons. The van der Waals surface area contributed by atoms with E-state index in [0.717, 1.165) is 55.2 Å². The molecule has 3 aliphatic rings. The van der Waals surface area contributed by atoms with E-state index in [1.165, 1.54) is 0 Å². The second kappa shape index (κ2) is 5.02. The number of pyridine rings is 1. The topological polar surface area (TPSA) is 68.0 Å². The molecule has 3 N–H and O–H groups in total. The number of hydrogen-bond acceptors (Lipinski definition) is 3. The van der Waals surface area contributed by atoms with Crippen molar-refractivity contribution >= 4 is 27.5 Å². The van der Waals surface area contributed by atoms with Gasteiger partial charge >= 0.3 is 0 Å². The zero-order valence-corrected chi connectivity index (χ0v) is 13.1. The van der Waals surface area contributed by atoms with Gasteiger partial charge in [-0.25, -0.2) is 0 Å². The highest BCUT2D eigenvalue weighted by molar-refractivity contribution is 9.10. The van der Waals surface area contributed by atoms with Crippen LogP contribution in [0.3, 0.4) is 0 Å². The van der Waals surface area contributed by atoms with Gasteiger partial charge in [0.2, 0.25) is 5.91 Å². The highest BCUT2D eigenvalue weighted by Crippen LogP contribution is 2.56. The molecule has 3 aliphatic carbocycles. The summed E-state index contributed by atoms with van der Waals surface area (Å²) in [5, 5.41) is 3.50. The molecule has 108 valence electrons. The zero-order chi connectivity index (χ0) is 14.2. The molecule has 0 saturated heterocycles. The van der Waals surface area contributed by atoms with Gasteiger partial charge in [0.1, 0.15) is 0 Å². The van der Waals surface area contributed by atoms with E-state index in [2.05, 4.69) is 26.2 Å². The van der Waals surface area contributed by atoms with E-state index in [0.29, 0.717) is 5.41 Å². The molecule has 5 heteroatoms. The van der Waals surface area contributed by atoms with Crippen molar-refractivity contribution in [2.45, 2.75) is 38.5 Å². The third kappa shape index (κ3) is 2.43. The van der Waals surface area contributed by atoms with Crippen molar-refractivity contribution in [3.63, 3.8) is 0 Å². The van der Waals surface area contributed by atoms with Crippen molar-refractivity contribution in [1.29, 1.82) is 0 Å². The van der Waals surface area contributed by atoms with E-state index >= 15 is 0 Å². The van der Waals surface area contributed by atoms with Crippen LogP contribution in [0.1, 0.15) is 38.5 Å². The van der Waals surface area contributed by atoms with Crippen LogP contribution in [-0.4, -0.2) is 17.4 Å². The first-order valence-corrected chi connectivity index (χ1v) is 7.97. The van der Waals surface area contributed by atoms with Gasteiger partial charge in [0, 0.05) is 22.6 Å². The summed E-state index contributed by atoms with van der Waals surface area (Å²) in [6.45, 7) is 0.958. The van der Waals surface area contributed by atoms with E-state index in [1.807, 2.05) is 12.3 Å². The smallest absolute Gasteiger partial charge is 0.223 e. The van der Waals surface area contributed by atoms with Gasteiger partial charge in [-0.1, -0.05) is 0 Å². The van der Waals surface area contributed by atoms with E-state index in [1.54, 1.807) is 6.20 Å². The summed E-state index contributed by atoms with van der Waals surface area (Å²) in [6, 6.07) is 2.04. The zero-order valence-electron chi connectivity index (χ0n) is 11.5. The number of aromatic nitrogens is 1. The molecule has 2 bridgehead atoms. The Kier molecular flexibility index (Phi) is 3.48. The van der Waals surface area contributed by atoms with Crippen LogP contribution in [0.2, 0.25) is 0 Å². The third-order valence-electron chi connectivity index (χ3n) is 5.30. The fourth-order valence-electron chi connectivity index (χ4n) is 3.70. The normalized spacial score (nSPS) is 32.0. The number of hydrogen-bond donors (Lipinski definition) is 2. The predicted octanol–water partition coefficient (Wildman–Crippen LogP) is 3.08. The molecule has 0 spiro atoms. The van der Waals surface area contributed by atoms with Crippen LogP contribution in [0, 0.1) is 10.8 Å². The van der Waals surface area contributed by atoms with E-state index in [-0.39, 0.29) is 11.3 Å². The molecule has 1 amide bonds. The molecule has 0 aromatic carbocycles. The molecular weight excluding hydrogens is 318 g/mol. The summed E-state index contributed by atoms with van der Waals surface area (Å²) in [6.07, 6.45) is 9.81. The second-order valence-electron chi connectivity index (χ2n) is 6.39. The number of nitrogens with zero attached hydrogens (tertiary/aromatic N) is 1. The number of nitrogens with one attached hydrogen (secondary N) is 1. The first kappa shape index (κ1) is 13.9. The molecule has 4 rings (SSSR count). The summed E-state index contributed by atoms with van der Waals surface area (Å²) in [5.41, 5.74) is 6.78. The number of fused-ring (bicyclic) bond motifs is 3. The van der Waals surface area contributed by atoms with Crippen molar-refractivity contribution < 1.29 is 4.79 Å². The largest absolute Gasteiger partial charge is 0.383 e. The third-order valence-corrected chi connectivity index (χ3v) is 5.73. The average molecular weight is 338 g/mol. The molecule has 3 saturated carbocycles. The van der Waals surface area contributed by atoms with Gasteiger partial charge < -0.3 is 11.1 Å². The van der Waals surface area contributed by atoms with Crippen molar-refractivity contribution in [1.82, 2.24) is 4.98 Å². The van der Waals surface area contributed by atoms with Crippen molar-refractivity contribution in [2.75, 3.05) is 11.9 Å². The molecular formula is C15H20BrN3O. The van der Waals surface area contributed by atoms with Crippen LogP contribution in [-0.2, 0) is 4.79 Å². The average Bonchev–Trinajstić information content (AvgIpc) is 2.47. The van der Waals surface area contributed by atoms with Gasteiger partial charge in [0.25, 0.3) is 0 Å². The van der Waals surface area contributed by atoms with Crippen LogP contribution >= 0.6 is 15.9 Å². The molecule has 0 atom stereocenters. The first-order valence-electron chi connectivity index (χ1n) is 7.18. The lowest BCUT2D eigenvalue weighted by molar-refractivity contribution is -0.136. The van der Waals surface area contributed by atoms with Crippen LogP contribution < -0.4 is 11.1 Å². The molecule has 1 aromatic rings. The number of carbonyl (C=O) groups excluding carboxylic acids is 1. The SMILES string of the molecule is NC(=O)C12CCC(CNc3cncc(Br)c3)(CC1)CC2. The number of primary amides is 1. The molecule has 20 heavy (non-hydrogen) atoms. The standard InChI is InChI=1S/C15H20BrN3O/c16-11-7-12(9-18-8-11)19-10-14-1-4-15(5-2-14,6-3-14)13(17)20/h7-9,19H,1-6,10H2,(H2,17,20). The molecule has 3 fully saturated rings. The number of nitrogens with two attached hydrogens (primary N) is 1. The van der Waals surface area contributed by atoms with Gasteiger partial charge in [-0.05, 0) is 65.9 Å². The van der Waals surface area contributed by atoms with E-state index in [4.69, 9.17) is 5.73 Å². The monoisotopic (exact) mass is 337 g/mol. The number of amides is 1. The van der Waals surface area contributed by atoms with Gasteiger partial charge in [-0.15, -0.1) is 0 Å². The molecule has 0 aliphatic heterocycles.